The maximum Gasteiger partial charge on any atom is 0.309 e. The summed E-state index contributed by atoms with van der Waals surface area (Å²) in [6.45, 7) is 2.74. The van der Waals surface area contributed by atoms with E-state index in [1.165, 1.54) is 0 Å². The highest BCUT2D eigenvalue weighted by Gasteiger charge is 2.51. The van der Waals surface area contributed by atoms with Gasteiger partial charge in [0.2, 0.25) is 5.91 Å². The fourth-order valence-electron chi connectivity index (χ4n) is 5.18. The molecule has 26 heavy (non-hydrogen) atoms. The highest BCUT2D eigenvalue weighted by atomic mass is 16.4. The second-order valence-corrected chi connectivity index (χ2v) is 7.95. The van der Waals surface area contributed by atoms with Crippen molar-refractivity contribution >= 4 is 11.9 Å². The SMILES string of the molecule is O=C(O)[C@@H]1CN(C(=O)C2(N3CCCC3)CCCC2)C[C@H]1c1ccccn1. The fraction of sp³-hybridized carbons (Fsp3) is 0.650. The number of carbonyl (C=O) groups excluding carboxylic acids is 1. The third-order valence-corrected chi connectivity index (χ3v) is 6.53. The summed E-state index contributed by atoms with van der Waals surface area (Å²) in [6, 6.07) is 5.59. The van der Waals surface area contributed by atoms with Crippen LogP contribution in [0.1, 0.15) is 50.1 Å². The molecule has 0 aromatic carbocycles. The quantitative estimate of drug-likeness (QED) is 0.893. The molecule has 1 aromatic heterocycles. The number of carboxylic acid groups (broad SMARTS) is 1. The first-order valence-electron chi connectivity index (χ1n) is 9.80. The van der Waals surface area contributed by atoms with E-state index in [-0.39, 0.29) is 11.8 Å². The molecule has 0 bridgehead atoms. The van der Waals surface area contributed by atoms with E-state index < -0.39 is 17.4 Å². The van der Waals surface area contributed by atoms with E-state index in [1.54, 1.807) is 6.20 Å². The second kappa shape index (κ2) is 6.99. The Labute approximate surface area is 154 Å². The lowest BCUT2D eigenvalue weighted by atomic mass is 9.92. The van der Waals surface area contributed by atoms with E-state index in [4.69, 9.17) is 0 Å². The number of hydrogen-bond acceptors (Lipinski definition) is 4. The summed E-state index contributed by atoms with van der Waals surface area (Å²) in [4.78, 5) is 34.0. The Hall–Kier alpha value is -1.95. The summed E-state index contributed by atoms with van der Waals surface area (Å²) in [5, 5.41) is 9.71. The van der Waals surface area contributed by atoms with Crippen molar-refractivity contribution in [2.45, 2.75) is 50.0 Å². The first-order valence-corrected chi connectivity index (χ1v) is 9.80. The van der Waals surface area contributed by atoms with Crippen LogP contribution in [0.5, 0.6) is 0 Å². The largest absolute Gasteiger partial charge is 0.481 e. The Balaban J connectivity index is 1.59. The van der Waals surface area contributed by atoms with E-state index in [2.05, 4.69) is 9.88 Å². The maximum atomic E-state index is 13.6. The molecule has 4 rings (SSSR count). The highest BCUT2D eigenvalue weighted by Crippen LogP contribution is 2.41. The Morgan fingerprint density at radius 2 is 1.81 bits per heavy atom. The van der Waals surface area contributed by atoms with Gasteiger partial charge in [-0.25, -0.2) is 0 Å². The number of rotatable bonds is 4. The molecule has 6 heteroatoms. The van der Waals surface area contributed by atoms with Crippen LogP contribution in [0.2, 0.25) is 0 Å². The number of carboxylic acids is 1. The molecule has 2 atom stereocenters. The van der Waals surface area contributed by atoms with Gasteiger partial charge >= 0.3 is 5.97 Å². The second-order valence-electron chi connectivity index (χ2n) is 7.95. The molecular formula is C20H27N3O3. The molecular weight excluding hydrogens is 330 g/mol. The van der Waals surface area contributed by atoms with Crippen LogP contribution in [-0.2, 0) is 9.59 Å². The maximum absolute atomic E-state index is 13.6. The number of nitrogens with zero attached hydrogens (tertiary/aromatic N) is 3. The molecule has 0 unspecified atom stereocenters. The van der Waals surface area contributed by atoms with E-state index >= 15 is 0 Å². The summed E-state index contributed by atoms with van der Waals surface area (Å²) < 4.78 is 0. The topological polar surface area (TPSA) is 73.7 Å². The van der Waals surface area contributed by atoms with Gasteiger partial charge in [-0.1, -0.05) is 18.9 Å². The van der Waals surface area contributed by atoms with Crippen molar-refractivity contribution in [3.8, 4) is 0 Å². The van der Waals surface area contributed by atoms with Gasteiger partial charge in [-0.05, 0) is 50.9 Å². The number of pyridine rings is 1. The zero-order chi connectivity index (χ0) is 18.1. The number of amides is 1. The Kier molecular flexibility index (Phi) is 4.69. The predicted octanol–water partition coefficient (Wildman–Crippen LogP) is 2.12. The summed E-state index contributed by atoms with van der Waals surface area (Å²) in [5.74, 6) is -1.49. The number of hydrogen-bond donors (Lipinski definition) is 1. The lowest BCUT2D eigenvalue weighted by Crippen LogP contribution is -2.57. The summed E-state index contributed by atoms with van der Waals surface area (Å²) in [7, 11) is 0. The molecule has 3 fully saturated rings. The van der Waals surface area contributed by atoms with Crippen molar-refractivity contribution in [3.63, 3.8) is 0 Å². The Bertz CT molecular complexity index is 666. The minimum absolute atomic E-state index is 0.154. The molecule has 0 spiro atoms. The van der Waals surface area contributed by atoms with Crippen LogP contribution >= 0.6 is 0 Å². The van der Waals surface area contributed by atoms with Crippen molar-refractivity contribution in [2.75, 3.05) is 26.2 Å². The van der Waals surface area contributed by atoms with Crippen LogP contribution in [0.25, 0.3) is 0 Å². The van der Waals surface area contributed by atoms with Crippen LogP contribution in [0, 0.1) is 5.92 Å². The van der Waals surface area contributed by atoms with Crippen molar-refractivity contribution in [2.24, 2.45) is 5.92 Å². The number of likely N-dealkylation sites (tertiary alicyclic amines) is 2. The zero-order valence-electron chi connectivity index (χ0n) is 15.1. The third-order valence-electron chi connectivity index (χ3n) is 6.53. The molecule has 1 N–H and O–H groups in total. The van der Waals surface area contributed by atoms with Crippen LogP contribution in [0.4, 0.5) is 0 Å². The Morgan fingerprint density at radius 1 is 1.08 bits per heavy atom. The van der Waals surface area contributed by atoms with Crippen molar-refractivity contribution in [1.82, 2.24) is 14.8 Å². The lowest BCUT2D eigenvalue weighted by Gasteiger charge is -2.40. The minimum atomic E-state index is -0.836. The van der Waals surface area contributed by atoms with Gasteiger partial charge in [0.1, 0.15) is 5.54 Å². The van der Waals surface area contributed by atoms with Gasteiger partial charge in [0, 0.05) is 30.9 Å². The first kappa shape index (κ1) is 17.5. The normalized spacial score (nSPS) is 28.5. The number of carbonyl (C=O) groups is 2. The number of aliphatic carboxylic acids is 1. The molecule has 2 saturated heterocycles. The van der Waals surface area contributed by atoms with Gasteiger partial charge in [-0.3, -0.25) is 19.5 Å². The van der Waals surface area contributed by atoms with E-state index in [1.807, 2.05) is 23.1 Å². The average molecular weight is 357 g/mol. The highest BCUT2D eigenvalue weighted by molar-refractivity contribution is 5.88. The summed E-state index contributed by atoms with van der Waals surface area (Å²) >= 11 is 0. The van der Waals surface area contributed by atoms with Crippen LogP contribution in [0.3, 0.4) is 0 Å². The predicted molar refractivity (Wildman–Crippen MR) is 96.7 cm³/mol. The summed E-state index contributed by atoms with van der Waals surface area (Å²) in [6.07, 6.45) is 8.00. The van der Waals surface area contributed by atoms with Crippen LogP contribution in [0.15, 0.2) is 24.4 Å². The fourth-order valence-corrected chi connectivity index (χ4v) is 5.18. The Morgan fingerprint density at radius 3 is 2.42 bits per heavy atom. The molecule has 140 valence electrons. The zero-order valence-corrected chi connectivity index (χ0v) is 15.1. The van der Waals surface area contributed by atoms with Gasteiger partial charge in [-0.2, -0.15) is 0 Å². The molecule has 3 heterocycles. The lowest BCUT2D eigenvalue weighted by molar-refractivity contribution is -0.144. The average Bonchev–Trinajstić information content (AvgIpc) is 3.42. The van der Waals surface area contributed by atoms with Gasteiger partial charge < -0.3 is 10.0 Å². The standard InChI is InChI=1S/C20H27N3O3/c24-18(25)16-14-22(13-15(16)17-7-1-4-10-21-17)19(26)20(8-2-3-9-20)23-11-5-6-12-23/h1,4,7,10,15-16H,2-3,5-6,8-9,11-14H2,(H,24,25)/t15-,16-/m1/s1. The summed E-state index contributed by atoms with van der Waals surface area (Å²) in [5.41, 5.74) is 0.385. The van der Waals surface area contributed by atoms with Gasteiger partial charge in [0.25, 0.3) is 0 Å². The third kappa shape index (κ3) is 2.90. The van der Waals surface area contributed by atoms with Gasteiger partial charge in [0.05, 0.1) is 5.92 Å². The first-order chi connectivity index (χ1) is 12.6. The van der Waals surface area contributed by atoms with Gasteiger partial charge in [-0.15, -0.1) is 0 Å². The molecule has 0 radical (unpaired) electrons. The van der Waals surface area contributed by atoms with Crippen molar-refractivity contribution in [3.05, 3.63) is 30.1 Å². The molecule has 6 nitrogen and oxygen atoms in total. The van der Waals surface area contributed by atoms with Crippen molar-refractivity contribution < 1.29 is 14.7 Å². The molecule has 1 aliphatic carbocycles. The number of aromatic nitrogens is 1. The molecule has 3 aliphatic rings. The monoisotopic (exact) mass is 357 g/mol. The van der Waals surface area contributed by atoms with E-state index in [9.17, 15) is 14.7 Å². The molecule has 2 aliphatic heterocycles. The molecule has 1 saturated carbocycles. The van der Waals surface area contributed by atoms with Crippen molar-refractivity contribution in [1.29, 1.82) is 0 Å². The molecule has 1 amide bonds. The molecule has 1 aromatic rings. The van der Waals surface area contributed by atoms with Crippen LogP contribution in [-0.4, -0.2) is 63.5 Å². The minimum Gasteiger partial charge on any atom is -0.481 e. The van der Waals surface area contributed by atoms with E-state index in [0.717, 1.165) is 57.3 Å². The van der Waals surface area contributed by atoms with Crippen LogP contribution < -0.4 is 0 Å². The van der Waals surface area contributed by atoms with Gasteiger partial charge in [0.15, 0.2) is 0 Å². The van der Waals surface area contributed by atoms with E-state index in [0.29, 0.717) is 13.1 Å². The smallest absolute Gasteiger partial charge is 0.309 e.